The van der Waals surface area contributed by atoms with Gasteiger partial charge in [-0.05, 0) is 45.4 Å². The number of nitrogens with zero attached hydrogens (tertiary/aromatic N) is 6. The third-order valence-corrected chi connectivity index (χ3v) is 6.21. The van der Waals surface area contributed by atoms with Crippen LogP contribution in [0.1, 0.15) is 62.4 Å². The maximum Gasteiger partial charge on any atom is 0.208 e. The summed E-state index contributed by atoms with van der Waals surface area (Å²) in [5.41, 5.74) is 1.69. The highest BCUT2D eigenvalue weighted by atomic mass is 32.1. The molecule has 0 spiro atoms. The van der Waals surface area contributed by atoms with Crippen LogP contribution in [-0.2, 0) is 7.05 Å². The summed E-state index contributed by atoms with van der Waals surface area (Å²) in [6.07, 6.45) is 12.2. The fourth-order valence-corrected chi connectivity index (χ4v) is 4.35. The first-order valence-corrected chi connectivity index (χ1v) is 11.1. The normalized spacial score (nSPS) is 17.4. The summed E-state index contributed by atoms with van der Waals surface area (Å²) < 4.78 is 12.4. The summed E-state index contributed by atoms with van der Waals surface area (Å²) >= 11 is 1.38. The summed E-state index contributed by atoms with van der Waals surface area (Å²) in [6, 6.07) is 0. The maximum atomic E-state index is 6.16. The zero-order valence-corrected chi connectivity index (χ0v) is 17.6. The van der Waals surface area contributed by atoms with E-state index in [2.05, 4.69) is 24.8 Å². The minimum Gasteiger partial charge on any atom is -0.487 e. The zero-order chi connectivity index (χ0) is 19.8. The molecule has 0 aliphatic heterocycles. The fourth-order valence-electron chi connectivity index (χ4n) is 3.71. The fraction of sp³-hybridized carbons (Fsp3) is 0.550. The highest BCUT2D eigenvalue weighted by molar-refractivity contribution is 7.09. The number of aryl methyl sites for hydroxylation is 2. The minimum atomic E-state index is 0.283. The van der Waals surface area contributed by atoms with Crippen LogP contribution in [0.15, 0.2) is 12.4 Å². The van der Waals surface area contributed by atoms with Gasteiger partial charge in [-0.1, -0.05) is 6.42 Å². The van der Waals surface area contributed by atoms with Crippen molar-refractivity contribution < 1.29 is 4.74 Å². The van der Waals surface area contributed by atoms with Gasteiger partial charge in [-0.3, -0.25) is 4.68 Å². The molecule has 2 aliphatic carbocycles. The molecule has 2 aliphatic rings. The van der Waals surface area contributed by atoms with E-state index in [-0.39, 0.29) is 6.10 Å². The van der Waals surface area contributed by atoms with Gasteiger partial charge in [0.05, 0.1) is 29.8 Å². The van der Waals surface area contributed by atoms with Crippen molar-refractivity contribution in [2.75, 3.05) is 5.32 Å². The Morgan fingerprint density at radius 3 is 2.69 bits per heavy atom. The molecule has 9 heteroatoms. The second-order valence-electron chi connectivity index (χ2n) is 7.91. The Morgan fingerprint density at radius 1 is 1.10 bits per heavy atom. The van der Waals surface area contributed by atoms with Crippen LogP contribution in [0, 0.1) is 6.92 Å². The average molecular weight is 412 g/mol. The number of aromatic nitrogens is 6. The van der Waals surface area contributed by atoms with Crippen LogP contribution in [-0.4, -0.2) is 35.2 Å². The van der Waals surface area contributed by atoms with Crippen molar-refractivity contribution in [2.24, 2.45) is 7.05 Å². The molecule has 8 nitrogen and oxygen atoms in total. The second kappa shape index (κ2) is 7.70. The molecule has 1 N–H and O–H groups in total. The van der Waals surface area contributed by atoms with E-state index >= 15 is 0 Å². The number of hydrogen-bond acceptors (Lipinski definition) is 8. The lowest BCUT2D eigenvalue weighted by atomic mass is 9.98. The summed E-state index contributed by atoms with van der Waals surface area (Å²) in [5, 5.41) is 8.51. The van der Waals surface area contributed by atoms with E-state index in [0.29, 0.717) is 11.7 Å². The Kier molecular flexibility index (Phi) is 4.91. The van der Waals surface area contributed by atoms with Gasteiger partial charge in [0.15, 0.2) is 11.6 Å². The average Bonchev–Trinajstić information content (AvgIpc) is 3.38. The van der Waals surface area contributed by atoms with Crippen molar-refractivity contribution in [1.82, 2.24) is 29.1 Å². The van der Waals surface area contributed by atoms with Gasteiger partial charge in [-0.15, -0.1) is 0 Å². The lowest BCUT2D eigenvalue weighted by Crippen LogP contribution is -2.20. The van der Waals surface area contributed by atoms with Crippen molar-refractivity contribution >= 4 is 22.5 Å². The lowest BCUT2D eigenvalue weighted by Gasteiger charge is -2.23. The molecule has 0 radical (unpaired) electrons. The standard InChI is InChI=1S/C20H25N7OS/c1-12-16(28-14-6-4-3-5-7-14)11-21-18(23-12)15-10-22-27(2)19(15)25-20-24-17(26-29-20)13-8-9-13/h10-11,13-14H,3-9H2,1-2H3,(H,24,25,26). The van der Waals surface area contributed by atoms with Gasteiger partial charge in [0.1, 0.15) is 11.6 Å². The van der Waals surface area contributed by atoms with Crippen molar-refractivity contribution in [1.29, 1.82) is 0 Å². The number of nitrogens with one attached hydrogen (secondary N) is 1. The van der Waals surface area contributed by atoms with Crippen LogP contribution in [0.2, 0.25) is 0 Å². The smallest absolute Gasteiger partial charge is 0.208 e. The van der Waals surface area contributed by atoms with Gasteiger partial charge in [0, 0.05) is 24.5 Å². The first-order valence-electron chi connectivity index (χ1n) is 10.3. The monoisotopic (exact) mass is 411 g/mol. The van der Waals surface area contributed by atoms with E-state index in [1.54, 1.807) is 17.1 Å². The van der Waals surface area contributed by atoms with E-state index in [0.717, 1.165) is 46.6 Å². The number of ether oxygens (including phenoxy) is 1. The number of rotatable bonds is 6. The van der Waals surface area contributed by atoms with E-state index in [1.807, 2.05) is 14.0 Å². The number of hydrogen-bond donors (Lipinski definition) is 1. The first-order chi connectivity index (χ1) is 14.2. The SMILES string of the molecule is Cc1nc(-c2cnn(C)c2Nc2nc(C3CC3)ns2)ncc1OC1CCCCC1. The van der Waals surface area contributed by atoms with Crippen LogP contribution < -0.4 is 10.1 Å². The topological polar surface area (TPSA) is 90.6 Å². The van der Waals surface area contributed by atoms with Crippen molar-refractivity contribution in [2.45, 2.75) is 63.9 Å². The minimum absolute atomic E-state index is 0.283. The molecule has 0 atom stereocenters. The molecule has 152 valence electrons. The third-order valence-electron chi connectivity index (χ3n) is 5.57. The molecule has 0 bridgehead atoms. The summed E-state index contributed by atoms with van der Waals surface area (Å²) in [4.78, 5) is 13.9. The van der Waals surface area contributed by atoms with Gasteiger partial charge in [0.2, 0.25) is 5.13 Å². The molecule has 2 fully saturated rings. The maximum absolute atomic E-state index is 6.16. The van der Waals surface area contributed by atoms with E-state index in [4.69, 9.17) is 9.72 Å². The Bertz CT molecular complexity index is 1000. The quantitative estimate of drug-likeness (QED) is 0.644. The summed E-state index contributed by atoms with van der Waals surface area (Å²) in [6.45, 7) is 1.97. The lowest BCUT2D eigenvalue weighted by molar-refractivity contribution is 0.152. The largest absolute Gasteiger partial charge is 0.487 e. The van der Waals surface area contributed by atoms with Crippen molar-refractivity contribution in [3.8, 4) is 17.1 Å². The van der Waals surface area contributed by atoms with Gasteiger partial charge in [-0.2, -0.15) is 9.47 Å². The molecule has 3 heterocycles. The van der Waals surface area contributed by atoms with Crippen molar-refractivity contribution in [3.63, 3.8) is 0 Å². The van der Waals surface area contributed by atoms with Crippen LogP contribution in [0.3, 0.4) is 0 Å². The predicted molar refractivity (Wildman–Crippen MR) is 112 cm³/mol. The third kappa shape index (κ3) is 3.96. The molecular formula is C20H25N7OS. The molecule has 0 unspecified atom stereocenters. The Labute approximate surface area is 173 Å². The van der Waals surface area contributed by atoms with E-state index in [1.165, 1.54) is 43.6 Å². The Hall–Kier alpha value is -2.55. The number of anilines is 2. The molecule has 29 heavy (non-hydrogen) atoms. The summed E-state index contributed by atoms with van der Waals surface area (Å²) in [7, 11) is 1.89. The highest BCUT2D eigenvalue weighted by Gasteiger charge is 2.28. The molecule has 5 rings (SSSR count). The predicted octanol–water partition coefficient (Wildman–Crippen LogP) is 4.37. The molecule has 0 saturated heterocycles. The van der Waals surface area contributed by atoms with Crippen LogP contribution in [0.25, 0.3) is 11.4 Å². The summed E-state index contributed by atoms with van der Waals surface area (Å²) in [5.74, 6) is 3.69. The van der Waals surface area contributed by atoms with Gasteiger partial charge in [0.25, 0.3) is 0 Å². The zero-order valence-electron chi connectivity index (χ0n) is 16.8. The second-order valence-corrected chi connectivity index (χ2v) is 8.66. The van der Waals surface area contributed by atoms with Gasteiger partial charge in [-0.25, -0.2) is 15.0 Å². The van der Waals surface area contributed by atoms with Crippen molar-refractivity contribution in [3.05, 3.63) is 23.9 Å². The highest BCUT2D eigenvalue weighted by Crippen LogP contribution is 2.40. The Morgan fingerprint density at radius 2 is 1.93 bits per heavy atom. The van der Waals surface area contributed by atoms with Crippen LogP contribution >= 0.6 is 11.5 Å². The molecule has 2 saturated carbocycles. The molecule has 0 aromatic carbocycles. The van der Waals surface area contributed by atoms with Gasteiger partial charge >= 0.3 is 0 Å². The van der Waals surface area contributed by atoms with Gasteiger partial charge < -0.3 is 10.1 Å². The molecule has 3 aromatic heterocycles. The molecule has 0 amide bonds. The first kappa shape index (κ1) is 18.5. The molecule has 3 aromatic rings. The van der Waals surface area contributed by atoms with E-state index < -0.39 is 0 Å². The van der Waals surface area contributed by atoms with E-state index in [9.17, 15) is 0 Å². The molecular weight excluding hydrogens is 386 g/mol. The van der Waals surface area contributed by atoms with Crippen LogP contribution in [0.5, 0.6) is 5.75 Å². The Balaban J connectivity index is 1.36. The van der Waals surface area contributed by atoms with Crippen LogP contribution in [0.4, 0.5) is 10.9 Å².